The van der Waals surface area contributed by atoms with Crippen molar-refractivity contribution in [2.24, 2.45) is 5.92 Å². The summed E-state index contributed by atoms with van der Waals surface area (Å²) in [5.74, 6) is 0.802. The summed E-state index contributed by atoms with van der Waals surface area (Å²) in [6.07, 6.45) is 3.72. The topological polar surface area (TPSA) is 12.0 Å². The lowest BCUT2D eigenvalue weighted by Gasteiger charge is -2.22. The second kappa shape index (κ2) is 7.24. The maximum Gasteiger partial charge on any atom is 0.0372 e. The number of anilines is 1. The highest BCUT2D eigenvalue weighted by molar-refractivity contribution is 14.1. The number of nitrogens with one attached hydrogen (secondary N) is 1. The molecule has 2 heteroatoms. The molecule has 0 heterocycles. The first-order valence-corrected chi connectivity index (χ1v) is 7.67. The zero-order valence-corrected chi connectivity index (χ0v) is 13.5. The van der Waals surface area contributed by atoms with Gasteiger partial charge in [-0.2, -0.15) is 0 Å². The van der Waals surface area contributed by atoms with Gasteiger partial charge in [-0.3, -0.25) is 0 Å². The highest BCUT2D eigenvalue weighted by Gasteiger charge is 2.11. The highest BCUT2D eigenvalue weighted by atomic mass is 127. The van der Waals surface area contributed by atoms with E-state index < -0.39 is 0 Å². The molecule has 0 saturated heterocycles. The smallest absolute Gasteiger partial charge is 0.0372 e. The number of benzene rings is 1. The van der Waals surface area contributed by atoms with Gasteiger partial charge < -0.3 is 5.32 Å². The lowest BCUT2D eigenvalue weighted by Crippen LogP contribution is -2.21. The second-order valence-corrected chi connectivity index (χ2v) is 6.20. The summed E-state index contributed by atoms with van der Waals surface area (Å²) >= 11 is 2.36. The molecule has 1 nitrogen and oxygen atoms in total. The van der Waals surface area contributed by atoms with E-state index in [1.54, 1.807) is 0 Å². The first kappa shape index (κ1) is 14.8. The van der Waals surface area contributed by atoms with Crippen LogP contribution in [0.5, 0.6) is 0 Å². The molecule has 0 amide bonds. The molecule has 0 fully saturated rings. The summed E-state index contributed by atoms with van der Waals surface area (Å²) in [5.41, 5.74) is 2.64. The Morgan fingerprint density at radius 3 is 2.47 bits per heavy atom. The Hall–Kier alpha value is -0.250. The van der Waals surface area contributed by atoms with Crippen LogP contribution in [0.25, 0.3) is 0 Å². The molecule has 0 aliphatic rings. The molecule has 0 radical (unpaired) electrons. The van der Waals surface area contributed by atoms with E-state index >= 15 is 0 Å². The van der Waals surface area contributed by atoms with Crippen LogP contribution in [0.1, 0.15) is 45.6 Å². The van der Waals surface area contributed by atoms with Crippen molar-refractivity contribution in [1.82, 2.24) is 0 Å². The van der Waals surface area contributed by atoms with Crippen molar-refractivity contribution in [3.05, 3.63) is 27.3 Å². The number of hydrogen-bond donors (Lipinski definition) is 1. The van der Waals surface area contributed by atoms with E-state index in [0.717, 1.165) is 5.92 Å². The molecule has 1 rings (SSSR count). The van der Waals surface area contributed by atoms with Gasteiger partial charge in [0.15, 0.2) is 0 Å². The van der Waals surface area contributed by atoms with Crippen LogP contribution in [0.15, 0.2) is 18.2 Å². The van der Waals surface area contributed by atoms with E-state index in [1.165, 1.54) is 34.1 Å². The molecule has 1 aromatic rings. The first-order chi connectivity index (χ1) is 8.06. The lowest BCUT2D eigenvalue weighted by atomic mass is 9.97. The monoisotopic (exact) mass is 345 g/mol. The Balaban J connectivity index is 2.67. The van der Waals surface area contributed by atoms with Gasteiger partial charge in [-0.15, -0.1) is 0 Å². The summed E-state index contributed by atoms with van der Waals surface area (Å²) in [7, 11) is 0. The molecule has 0 saturated carbocycles. The molecule has 0 bridgehead atoms. The van der Waals surface area contributed by atoms with Gasteiger partial charge in [0.05, 0.1) is 0 Å². The maximum absolute atomic E-state index is 3.69. The Labute approximate surface area is 120 Å². The van der Waals surface area contributed by atoms with E-state index in [0.29, 0.717) is 6.04 Å². The van der Waals surface area contributed by atoms with E-state index in [2.05, 4.69) is 73.8 Å². The first-order valence-electron chi connectivity index (χ1n) is 6.59. The summed E-state index contributed by atoms with van der Waals surface area (Å²) in [6.45, 7) is 9.06. The van der Waals surface area contributed by atoms with Crippen molar-refractivity contribution in [3.63, 3.8) is 0 Å². The van der Waals surface area contributed by atoms with Gasteiger partial charge in [-0.1, -0.05) is 27.2 Å². The summed E-state index contributed by atoms with van der Waals surface area (Å²) in [6, 6.07) is 7.21. The van der Waals surface area contributed by atoms with Crippen molar-refractivity contribution in [3.8, 4) is 0 Å². The van der Waals surface area contributed by atoms with Gasteiger partial charge >= 0.3 is 0 Å². The fraction of sp³-hybridized carbons (Fsp3) is 0.600. The molecular weight excluding hydrogens is 321 g/mol. The third kappa shape index (κ3) is 4.86. The third-order valence-corrected chi connectivity index (χ3v) is 4.10. The number of halogens is 1. The minimum Gasteiger partial charge on any atom is -0.382 e. The minimum absolute atomic E-state index is 0.601. The zero-order chi connectivity index (χ0) is 12.8. The second-order valence-electron chi connectivity index (χ2n) is 4.96. The molecule has 1 N–H and O–H groups in total. The summed E-state index contributed by atoms with van der Waals surface area (Å²) < 4.78 is 1.31. The molecule has 17 heavy (non-hydrogen) atoms. The van der Waals surface area contributed by atoms with Crippen LogP contribution in [-0.2, 0) is 0 Å². The molecule has 0 spiro atoms. The van der Waals surface area contributed by atoms with Crippen LogP contribution in [0.2, 0.25) is 0 Å². The van der Waals surface area contributed by atoms with Gasteiger partial charge in [-0.25, -0.2) is 0 Å². The van der Waals surface area contributed by atoms with Gasteiger partial charge in [0.2, 0.25) is 0 Å². The minimum atomic E-state index is 0.601. The molecule has 1 aromatic carbocycles. The van der Waals surface area contributed by atoms with Gasteiger partial charge in [0.25, 0.3) is 0 Å². The highest BCUT2D eigenvalue weighted by Crippen LogP contribution is 2.22. The van der Waals surface area contributed by atoms with E-state index in [-0.39, 0.29) is 0 Å². The standard InChI is InChI=1S/C15H24IN/c1-5-11(3)9-14(6-2)17-15-8-7-13(16)10-12(15)4/h7-8,10-11,14,17H,5-6,9H2,1-4H3. The quantitative estimate of drug-likeness (QED) is 0.697. The average Bonchev–Trinajstić information content (AvgIpc) is 2.31. The van der Waals surface area contributed by atoms with Crippen LogP contribution in [0, 0.1) is 16.4 Å². The fourth-order valence-electron chi connectivity index (χ4n) is 1.99. The molecule has 0 aromatic heterocycles. The van der Waals surface area contributed by atoms with Crippen LogP contribution in [-0.4, -0.2) is 6.04 Å². The van der Waals surface area contributed by atoms with Crippen molar-refractivity contribution in [2.75, 3.05) is 5.32 Å². The predicted octanol–water partition coefficient (Wildman–Crippen LogP) is 5.23. The zero-order valence-electron chi connectivity index (χ0n) is 11.4. The Kier molecular flexibility index (Phi) is 6.31. The predicted molar refractivity (Wildman–Crippen MR) is 85.7 cm³/mol. The Morgan fingerprint density at radius 2 is 1.94 bits per heavy atom. The maximum atomic E-state index is 3.69. The Morgan fingerprint density at radius 1 is 1.24 bits per heavy atom. The van der Waals surface area contributed by atoms with E-state index in [9.17, 15) is 0 Å². The van der Waals surface area contributed by atoms with Crippen LogP contribution in [0.3, 0.4) is 0 Å². The van der Waals surface area contributed by atoms with Gasteiger partial charge in [-0.05, 0) is 72.0 Å². The van der Waals surface area contributed by atoms with Crippen LogP contribution < -0.4 is 5.32 Å². The van der Waals surface area contributed by atoms with Crippen LogP contribution >= 0.6 is 22.6 Å². The average molecular weight is 345 g/mol. The molecule has 2 atom stereocenters. The largest absolute Gasteiger partial charge is 0.382 e. The fourth-order valence-corrected chi connectivity index (χ4v) is 2.64. The molecular formula is C15H24IN. The Bertz CT molecular complexity index is 349. The summed E-state index contributed by atoms with van der Waals surface area (Å²) in [5, 5.41) is 3.69. The van der Waals surface area contributed by atoms with Crippen molar-refractivity contribution in [2.45, 2.75) is 53.0 Å². The third-order valence-electron chi connectivity index (χ3n) is 3.42. The summed E-state index contributed by atoms with van der Waals surface area (Å²) in [4.78, 5) is 0. The lowest BCUT2D eigenvalue weighted by molar-refractivity contribution is 0.461. The van der Waals surface area contributed by atoms with Crippen LogP contribution in [0.4, 0.5) is 5.69 Å². The molecule has 2 unspecified atom stereocenters. The molecule has 96 valence electrons. The molecule has 0 aliphatic heterocycles. The van der Waals surface area contributed by atoms with E-state index in [4.69, 9.17) is 0 Å². The van der Waals surface area contributed by atoms with Gasteiger partial charge in [0.1, 0.15) is 0 Å². The normalized spacial score (nSPS) is 14.4. The number of rotatable bonds is 6. The van der Waals surface area contributed by atoms with Crippen molar-refractivity contribution in [1.29, 1.82) is 0 Å². The van der Waals surface area contributed by atoms with Crippen molar-refractivity contribution >= 4 is 28.3 Å². The molecule has 0 aliphatic carbocycles. The van der Waals surface area contributed by atoms with Crippen molar-refractivity contribution < 1.29 is 0 Å². The number of aryl methyl sites for hydroxylation is 1. The SMILES string of the molecule is CCC(C)CC(CC)Nc1ccc(I)cc1C. The van der Waals surface area contributed by atoms with E-state index in [1.807, 2.05) is 0 Å². The number of hydrogen-bond acceptors (Lipinski definition) is 1. The van der Waals surface area contributed by atoms with Gasteiger partial charge in [0, 0.05) is 15.3 Å².